The van der Waals surface area contributed by atoms with E-state index in [0.717, 1.165) is 6.26 Å². The zero-order valence-corrected chi connectivity index (χ0v) is 6.74. The average Bonchev–Trinajstić information content (AvgIpc) is 2.11. The lowest BCUT2D eigenvalue weighted by molar-refractivity contribution is 0.528. The molecule has 1 rings (SSSR count). The van der Waals surface area contributed by atoms with E-state index in [4.69, 9.17) is 15.1 Å². The number of halogens is 1. The molecule has 0 aliphatic rings. The lowest BCUT2D eigenvalue weighted by Gasteiger charge is -1.82. The molecule has 0 radical (unpaired) electrons. The molecule has 0 unspecified atom stereocenters. The maximum atomic E-state index is 10.6. The van der Waals surface area contributed by atoms with E-state index >= 15 is 0 Å². The lowest BCUT2D eigenvalue weighted by Crippen LogP contribution is -1.85. The van der Waals surface area contributed by atoms with E-state index in [9.17, 15) is 8.42 Å². The van der Waals surface area contributed by atoms with Crippen molar-refractivity contribution in [2.45, 2.75) is 11.8 Å². The van der Waals surface area contributed by atoms with Crippen molar-refractivity contribution in [3.05, 3.63) is 18.1 Å². The molecular weight excluding hydrogens is 176 g/mol. The van der Waals surface area contributed by atoms with Gasteiger partial charge in [0.1, 0.15) is 16.9 Å². The first-order valence-electron chi connectivity index (χ1n) is 2.50. The second-order valence-electron chi connectivity index (χ2n) is 1.83. The number of rotatable bonds is 1. The van der Waals surface area contributed by atoms with Crippen LogP contribution in [0.5, 0.6) is 0 Å². The van der Waals surface area contributed by atoms with Crippen LogP contribution in [0.2, 0.25) is 0 Å². The molecule has 0 atom stereocenters. The Balaban J connectivity index is 3.21. The van der Waals surface area contributed by atoms with Crippen molar-refractivity contribution in [2.24, 2.45) is 0 Å². The second kappa shape index (κ2) is 2.29. The highest BCUT2D eigenvalue weighted by Crippen LogP contribution is 2.16. The predicted octanol–water partition coefficient (Wildman–Crippen LogP) is 1.52. The molecule has 1 aromatic rings. The van der Waals surface area contributed by atoms with Gasteiger partial charge in [-0.15, -0.1) is 0 Å². The molecule has 10 heavy (non-hydrogen) atoms. The highest BCUT2D eigenvalue weighted by molar-refractivity contribution is 8.13. The first-order chi connectivity index (χ1) is 4.50. The Bertz CT molecular complexity index is 324. The Morgan fingerprint density at radius 3 is 2.40 bits per heavy atom. The van der Waals surface area contributed by atoms with Gasteiger partial charge in [-0.2, -0.15) is 0 Å². The standard InChI is InChI=1S/C5H5ClO3S/c1-4-2-5(3-9-4)10(6,7)8/h2-3H,1H3. The van der Waals surface area contributed by atoms with Crippen LogP contribution in [0.3, 0.4) is 0 Å². The van der Waals surface area contributed by atoms with Crippen LogP contribution in [0.1, 0.15) is 5.76 Å². The van der Waals surface area contributed by atoms with Gasteiger partial charge in [-0.25, -0.2) is 8.42 Å². The zero-order chi connectivity index (χ0) is 7.78. The molecule has 0 fully saturated rings. The average molecular weight is 181 g/mol. The zero-order valence-electron chi connectivity index (χ0n) is 5.17. The molecule has 0 spiro atoms. The van der Waals surface area contributed by atoms with Gasteiger partial charge in [0.2, 0.25) is 0 Å². The molecule has 3 nitrogen and oxygen atoms in total. The number of hydrogen-bond donors (Lipinski definition) is 0. The third-order valence-corrected chi connectivity index (χ3v) is 2.30. The molecule has 1 aromatic heterocycles. The van der Waals surface area contributed by atoms with Crippen LogP contribution in [-0.4, -0.2) is 8.42 Å². The van der Waals surface area contributed by atoms with E-state index in [1.165, 1.54) is 6.07 Å². The Labute approximate surface area is 63.0 Å². The lowest BCUT2D eigenvalue weighted by atomic mass is 10.5. The van der Waals surface area contributed by atoms with Gasteiger partial charge in [-0.3, -0.25) is 0 Å². The first-order valence-corrected chi connectivity index (χ1v) is 4.81. The van der Waals surface area contributed by atoms with Crippen LogP contribution in [0.25, 0.3) is 0 Å². The molecule has 1 heterocycles. The topological polar surface area (TPSA) is 47.3 Å². The molecule has 56 valence electrons. The van der Waals surface area contributed by atoms with Gasteiger partial charge in [0.15, 0.2) is 0 Å². The summed E-state index contributed by atoms with van der Waals surface area (Å²) in [5, 5.41) is 0. The summed E-state index contributed by atoms with van der Waals surface area (Å²) in [6.07, 6.45) is 1.11. The van der Waals surface area contributed by atoms with Crippen LogP contribution in [0.4, 0.5) is 0 Å². The Hall–Kier alpha value is -0.480. The quantitative estimate of drug-likeness (QED) is 0.616. The summed E-state index contributed by atoms with van der Waals surface area (Å²) >= 11 is 0. The smallest absolute Gasteiger partial charge is 0.264 e. The Morgan fingerprint density at radius 1 is 1.60 bits per heavy atom. The van der Waals surface area contributed by atoms with Gasteiger partial charge in [0, 0.05) is 10.7 Å². The van der Waals surface area contributed by atoms with Crippen LogP contribution in [0, 0.1) is 6.92 Å². The number of hydrogen-bond acceptors (Lipinski definition) is 3. The van der Waals surface area contributed by atoms with Crippen LogP contribution in [-0.2, 0) is 9.05 Å². The van der Waals surface area contributed by atoms with E-state index < -0.39 is 9.05 Å². The van der Waals surface area contributed by atoms with E-state index in [0.29, 0.717) is 5.76 Å². The van der Waals surface area contributed by atoms with Crippen LogP contribution in [0.15, 0.2) is 21.6 Å². The molecular formula is C5H5ClO3S. The number of aryl methyl sites for hydroxylation is 1. The van der Waals surface area contributed by atoms with Crippen molar-refractivity contribution < 1.29 is 12.8 Å². The van der Waals surface area contributed by atoms with Gasteiger partial charge >= 0.3 is 0 Å². The fourth-order valence-corrected chi connectivity index (χ4v) is 1.26. The van der Waals surface area contributed by atoms with Crippen molar-refractivity contribution in [1.29, 1.82) is 0 Å². The summed E-state index contributed by atoms with van der Waals surface area (Å²) in [5.74, 6) is 0.527. The van der Waals surface area contributed by atoms with Crippen molar-refractivity contribution >= 4 is 19.7 Å². The van der Waals surface area contributed by atoms with Crippen molar-refractivity contribution in [2.75, 3.05) is 0 Å². The monoisotopic (exact) mass is 180 g/mol. The molecule has 0 aromatic carbocycles. The fraction of sp³-hybridized carbons (Fsp3) is 0.200. The first kappa shape index (κ1) is 7.63. The molecule has 0 aliphatic heterocycles. The highest BCUT2D eigenvalue weighted by Gasteiger charge is 2.11. The molecule has 0 aliphatic carbocycles. The molecule has 0 saturated heterocycles. The summed E-state index contributed by atoms with van der Waals surface area (Å²) in [6.45, 7) is 1.64. The summed E-state index contributed by atoms with van der Waals surface area (Å²) in [4.78, 5) is 0.00617. The second-order valence-corrected chi connectivity index (χ2v) is 4.40. The fourth-order valence-electron chi connectivity index (χ4n) is 0.547. The summed E-state index contributed by atoms with van der Waals surface area (Å²) in [7, 11) is 1.38. The minimum absolute atomic E-state index is 0.00617. The molecule has 0 saturated carbocycles. The van der Waals surface area contributed by atoms with Gasteiger partial charge in [-0.1, -0.05) is 0 Å². The molecule has 0 amide bonds. The minimum atomic E-state index is -3.60. The van der Waals surface area contributed by atoms with E-state index in [1.807, 2.05) is 0 Å². The van der Waals surface area contributed by atoms with Crippen LogP contribution >= 0.6 is 10.7 Å². The van der Waals surface area contributed by atoms with Gasteiger partial charge < -0.3 is 4.42 Å². The van der Waals surface area contributed by atoms with Crippen molar-refractivity contribution in [1.82, 2.24) is 0 Å². The van der Waals surface area contributed by atoms with Crippen molar-refractivity contribution in [3.63, 3.8) is 0 Å². The largest absolute Gasteiger partial charge is 0.468 e. The number of furan rings is 1. The summed E-state index contributed by atoms with van der Waals surface area (Å²) in [6, 6.07) is 1.36. The highest BCUT2D eigenvalue weighted by atomic mass is 35.7. The Kier molecular flexibility index (Phi) is 1.74. The summed E-state index contributed by atoms with van der Waals surface area (Å²) in [5.41, 5.74) is 0. The SMILES string of the molecule is Cc1cc(S(=O)(=O)Cl)co1. The van der Waals surface area contributed by atoms with E-state index in [-0.39, 0.29) is 4.90 Å². The predicted molar refractivity (Wildman–Crippen MR) is 36.5 cm³/mol. The van der Waals surface area contributed by atoms with Gasteiger partial charge in [0.25, 0.3) is 9.05 Å². The minimum Gasteiger partial charge on any atom is -0.468 e. The normalized spacial score (nSPS) is 11.8. The summed E-state index contributed by atoms with van der Waals surface area (Å²) < 4.78 is 25.8. The van der Waals surface area contributed by atoms with E-state index in [2.05, 4.69) is 0 Å². The molecule has 5 heteroatoms. The van der Waals surface area contributed by atoms with Crippen molar-refractivity contribution in [3.8, 4) is 0 Å². The molecule has 0 N–H and O–H groups in total. The molecule has 0 bridgehead atoms. The third-order valence-electron chi connectivity index (χ3n) is 0.988. The third kappa shape index (κ3) is 1.52. The maximum absolute atomic E-state index is 10.6. The van der Waals surface area contributed by atoms with Gasteiger partial charge in [0.05, 0.1) is 0 Å². The maximum Gasteiger partial charge on any atom is 0.264 e. The van der Waals surface area contributed by atoms with E-state index in [1.54, 1.807) is 6.92 Å². The Morgan fingerprint density at radius 2 is 2.20 bits per heavy atom. The van der Waals surface area contributed by atoms with Crippen LogP contribution < -0.4 is 0 Å². The van der Waals surface area contributed by atoms with Gasteiger partial charge in [-0.05, 0) is 13.0 Å².